The maximum atomic E-state index is 12.0. The molecule has 0 saturated carbocycles. The van der Waals surface area contributed by atoms with Crippen LogP contribution >= 0.6 is 11.6 Å². The number of carboxylic acid groups (broad SMARTS) is 1. The number of rotatable bonds is 3. The number of ketones is 1. The predicted octanol–water partition coefficient (Wildman–Crippen LogP) is 2.60. The molecule has 0 atom stereocenters. The lowest BCUT2D eigenvalue weighted by molar-refractivity contribution is 0.0693. The molecule has 0 amide bonds. The van der Waals surface area contributed by atoms with Gasteiger partial charge in [-0.05, 0) is 12.1 Å². The third-order valence-electron chi connectivity index (χ3n) is 2.31. The number of aromatic nitrogens is 1. The molecule has 0 aliphatic heterocycles. The molecule has 4 nitrogen and oxygen atoms in total. The summed E-state index contributed by atoms with van der Waals surface area (Å²) in [7, 11) is 0. The number of halogens is 1. The summed E-state index contributed by atoms with van der Waals surface area (Å²) in [5, 5.41) is 9.34. The van der Waals surface area contributed by atoms with Crippen LogP contribution in [0.25, 0.3) is 0 Å². The van der Waals surface area contributed by atoms with E-state index in [4.69, 9.17) is 16.7 Å². The molecule has 0 unspecified atom stereocenters. The van der Waals surface area contributed by atoms with Crippen molar-refractivity contribution >= 4 is 23.4 Å². The Bertz CT molecular complexity index is 589. The fourth-order valence-corrected chi connectivity index (χ4v) is 1.70. The average molecular weight is 250 g/mol. The first-order valence-electron chi connectivity index (χ1n) is 4.80. The second kappa shape index (κ2) is 4.43. The number of carboxylic acids is 1. The Labute approximate surface area is 102 Å². The number of hydrogen-bond donors (Lipinski definition) is 2. The van der Waals surface area contributed by atoms with E-state index in [1.807, 2.05) is 0 Å². The minimum atomic E-state index is -1.14. The highest BCUT2D eigenvalue weighted by Crippen LogP contribution is 2.17. The zero-order valence-electron chi connectivity index (χ0n) is 8.61. The smallest absolute Gasteiger partial charge is 0.337 e. The summed E-state index contributed by atoms with van der Waals surface area (Å²) < 4.78 is 0. The van der Waals surface area contributed by atoms with E-state index in [1.165, 1.54) is 18.5 Å². The zero-order chi connectivity index (χ0) is 12.4. The molecule has 0 spiro atoms. The lowest BCUT2D eigenvalue weighted by Crippen LogP contribution is -2.06. The van der Waals surface area contributed by atoms with E-state index >= 15 is 0 Å². The minimum absolute atomic E-state index is 0.0463. The lowest BCUT2D eigenvalue weighted by Gasteiger charge is -2.00. The molecule has 0 fully saturated rings. The second-order valence-corrected chi connectivity index (χ2v) is 3.86. The van der Waals surface area contributed by atoms with Gasteiger partial charge in [0.2, 0.25) is 0 Å². The van der Waals surface area contributed by atoms with Crippen molar-refractivity contribution in [3.63, 3.8) is 0 Å². The van der Waals surface area contributed by atoms with Crippen LogP contribution in [0, 0.1) is 0 Å². The van der Waals surface area contributed by atoms with E-state index < -0.39 is 5.97 Å². The number of H-pyrrole nitrogens is 1. The van der Waals surface area contributed by atoms with E-state index in [2.05, 4.69) is 4.98 Å². The third-order valence-corrected chi connectivity index (χ3v) is 2.54. The molecule has 2 rings (SSSR count). The van der Waals surface area contributed by atoms with Crippen LogP contribution in [-0.4, -0.2) is 21.8 Å². The standard InChI is InChI=1S/C12H8ClNO3/c13-8-3-1-2-7(4-8)11(15)9-5-14-6-10(9)12(16)17/h1-6,14H,(H,16,17). The molecule has 0 aliphatic rings. The Balaban J connectivity index is 2.44. The van der Waals surface area contributed by atoms with Crippen molar-refractivity contribution in [3.8, 4) is 0 Å². The van der Waals surface area contributed by atoms with Gasteiger partial charge in [-0.25, -0.2) is 4.79 Å². The summed E-state index contributed by atoms with van der Waals surface area (Å²) in [4.78, 5) is 25.5. The van der Waals surface area contributed by atoms with Crippen LogP contribution in [0.2, 0.25) is 5.02 Å². The van der Waals surface area contributed by atoms with E-state index in [1.54, 1.807) is 18.2 Å². The van der Waals surface area contributed by atoms with Crippen LogP contribution in [-0.2, 0) is 0 Å². The fraction of sp³-hybridized carbons (Fsp3) is 0. The van der Waals surface area contributed by atoms with Gasteiger partial charge in [-0.2, -0.15) is 0 Å². The van der Waals surface area contributed by atoms with Gasteiger partial charge < -0.3 is 10.1 Å². The third kappa shape index (κ3) is 2.21. The number of carbonyl (C=O) groups is 2. The summed E-state index contributed by atoms with van der Waals surface area (Å²) >= 11 is 5.78. The first-order valence-corrected chi connectivity index (χ1v) is 5.17. The van der Waals surface area contributed by atoms with Crippen molar-refractivity contribution in [2.24, 2.45) is 0 Å². The summed E-state index contributed by atoms with van der Waals surface area (Å²) in [5.74, 6) is -1.51. The van der Waals surface area contributed by atoms with Gasteiger partial charge in [0, 0.05) is 23.0 Å². The lowest BCUT2D eigenvalue weighted by atomic mass is 10.0. The molecule has 86 valence electrons. The number of aromatic amines is 1. The molecule has 0 aliphatic carbocycles. The Morgan fingerprint density at radius 1 is 1.18 bits per heavy atom. The first kappa shape index (κ1) is 11.4. The van der Waals surface area contributed by atoms with Crippen LogP contribution in [0.3, 0.4) is 0 Å². The fourth-order valence-electron chi connectivity index (χ4n) is 1.51. The number of benzene rings is 1. The molecule has 17 heavy (non-hydrogen) atoms. The molecular weight excluding hydrogens is 242 g/mol. The first-order chi connectivity index (χ1) is 8.09. The summed E-state index contributed by atoms with van der Waals surface area (Å²) in [5.41, 5.74) is 0.439. The largest absolute Gasteiger partial charge is 0.478 e. The van der Waals surface area contributed by atoms with E-state index in [-0.39, 0.29) is 16.9 Å². The predicted molar refractivity (Wildman–Crippen MR) is 62.6 cm³/mol. The van der Waals surface area contributed by atoms with Gasteiger partial charge in [0.1, 0.15) is 0 Å². The normalized spacial score (nSPS) is 10.2. The minimum Gasteiger partial charge on any atom is -0.478 e. The summed E-state index contributed by atoms with van der Waals surface area (Å²) in [6.07, 6.45) is 2.65. The molecule has 0 saturated heterocycles. The van der Waals surface area contributed by atoms with Crippen molar-refractivity contribution in [2.45, 2.75) is 0 Å². The Morgan fingerprint density at radius 3 is 2.53 bits per heavy atom. The highest BCUT2D eigenvalue weighted by molar-refractivity contribution is 6.31. The highest BCUT2D eigenvalue weighted by Gasteiger charge is 2.18. The number of aromatic carboxylic acids is 1. The van der Waals surface area contributed by atoms with Gasteiger partial charge >= 0.3 is 5.97 Å². The van der Waals surface area contributed by atoms with Crippen molar-refractivity contribution in [2.75, 3.05) is 0 Å². The maximum absolute atomic E-state index is 12.0. The van der Waals surface area contributed by atoms with Gasteiger partial charge in [-0.15, -0.1) is 0 Å². The molecule has 0 bridgehead atoms. The molecule has 0 radical (unpaired) electrons. The van der Waals surface area contributed by atoms with Gasteiger partial charge in [-0.1, -0.05) is 23.7 Å². The molecule has 2 aromatic rings. The quantitative estimate of drug-likeness (QED) is 0.822. The van der Waals surface area contributed by atoms with E-state index in [0.29, 0.717) is 10.6 Å². The van der Waals surface area contributed by atoms with Crippen molar-refractivity contribution in [3.05, 3.63) is 58.4 Å². The SMILES string of the molecule is O=C(O)c1c[nH]cc1C(=O)c1cccc(Cl)c1. The molecule has 5 heteroatoms. The van der Waals surface area contributed by atoms with Gasteiger partial charge in [0.05, 0.1) is 11.1 Å². The maximum Gasteiger partial charge on any atom is 0.337 e. The van der Waals surface area contributed by atoms with Gasteiger partial charge in [0.15, 0.2) is 5.78 Å². The number of carbonyl (C=O) groups excluding carboxylic acids is 1. The van der Waals surface area contributed by atoms with Gasteiger partial charge in [0.25, 0.3) is 0 Å². The molecule has 1 heterocycles. The topological polar surface area (TPSA) is 70.2 Å². The highest BCUT2D eigenvalue weighted by atomic mass is 35.5. The molecule has 2 N–H and O–H groups in total. The van der Waals surface area contributed by atoms with Gasteiger partial charge in [-0.3, -0.25) is 4.79 Å². The van der Waals surface area contributed by atoms with Crippen LogP contribution in [0.1, 0.15) is 26.3 Å². The Hall–Kier alpha value is -2.07. The molecule has 1 aromatic carbocycles. The van der Waals surface area contributed by atoms with Crippen LogP contribution in [0.15, 0.2) is 36.7 Å². The molecular formula is C12H8ClNO3. The zero-order valence-corrected chi connectivity index (χ0v) is 9.36. The van der Waals surface area contributed by atoms with E-state index in [9.17, 15) is 9.59 Å². The summed E-state index contributed by atoms with van der Waals surface area (Å²) in [6, 6.07) is 6.38. The molecule has 1 aromatic heterocycles. The van der Waals surface area contributed by atoms with Crippen LogP contribution in [0.4, 0.5) is 0 Å². The van der Waals surface area contributed by atoms with E-state index in [0.717, 1.165) is 0 Å². The summed E-state index contributed by atoms with van der Waals surface area (Å²) in [6.45, 7) is 0. The average Bonchev–Trinajstić information content (AvgIpc) is 2.77. The van der Waals surface area contributed by atoms with Crippen LogP contribution in [0.5, 0.6) is 0 Å². The van der Waals surface area contributed by atoms with Crippen molar-refractivity contribution in [1.29, 1.82) is 0 Å². The second-order valence-electron chi connectivity index (χ2n) is 3.43. The van der Waals surface area contributed by atoms with Crippen LogP contribution < -0.4 is 0 Å². The van der Waals surface area contributed by atoms with Crippen molar-refractivity contribution in [1.82, 2.24) is 4.98 Å². The Morgan fingerprint density at radius 2 is 1.88 bits per heavy atom. The Kier molecular flexibility index (Phi) is 2.97. The monoisotopic (exact) mass is 249 g/mol. The number of hydrogen-bond acceptors (Lipinski definition) is 2. The van der Waals surface area contributed by atoms with Crippen molar-refractivity contribution < 1.29 is 14.7 Å². The number of nitrogens with one attached hydrogen (secondary N) is 1.